The third kappa shape index (κ3) is 3.21. The standard InChI is InChI=1S/C13H16ClNO5S/c1-9-3-4-12(10(14)7-9)21(17,18)15-5-6-20-8-11(15)13(16)19-2/h3-4,7,11H,5-6,8H2,1-2H3. The molecule has 2 rings (SSSR count). The van der Waals surface area contributed by atoms with E-state index < -0.39 is 22.0 Å². The second-order valence-corrected chi connectivity index (χ2v) is 6.93. The van der Waals surface area contributed by atoms with E-state index in [1.807, 2.05) is 6.92 Å². The van der Waals surface area contributed by atoms with E-state index in [2.05, 4.69) is 4.74 Å². The van der Waals surface area contributed by atoms with Crippen LogP contribution in [0.5, 0.6) is 0 Å². The summed E-state index contributed by atoms with van der Waals surface area (Å²) in [6.07, 6.45) is 0. The summed E-state index contributed by atoms with van der Waals surface area (Å²) in [7, 11) is -2.68. The zero-order valence-corrected chi connectivity index (χ0v) is 13.3. The van der Waals surface area contributed by atoms with Crippen LogP contribution in [0.1, 0.15) is 5.56 Å². The molecule has 6 nitrogen and oxygen atoms in total. The summed E-state index contributed by atoms with van der Waals surface area (Å²) >= 11 is 6.04. The van der Waals surface area contributed by atoms with E-state index in [0.29, 0.717) is 0 Å². The summed E-state index contributed by atoms with van der Waals surface area (Å²) < 4.78 is 36.4. The number of esters is 1. The van der Waals surface area contributed by atoms with Crippen LogP contribution in [0.15, 0.2) is 23.1 Å². The molecule has 0 aromatic heterocycles. The van der Waals surface area contributed by atoms with Gasteiger partial charge in [0.1, 0.15) is 10.9 Å². The molecule has 0 bridgehead atoms. The number of carbonyl (C=O) groups is 1. The average Bonchev–Trinajstić information content (AvgIpc) is 2.46. The highest BCUT2D eigenvalue weighted by atomic mass is 35.5. The first-order valence-corrected chi connectivity index (χ1v) is 8.13. The number of carbonyl (C=O) groups excluding carboxylic acids is 1. The molecule has 1 unspecified atom stereocenters. The van der Waals surface area contributed by atoms with Crippen molar-refractivity contribution in [3.05, 3.63) is 28.8 Å². The Bertz CT molecular complexity index is 646. The molecule has 1 atom stereocenters. The van der Waals surface area contributed by atoms with E-state index in [0.717, 1.165) is 9.87 Å². The highest BCUT2D eigenvalue weighted by molar-refractivity contribution is 7.89. The number of aryl methyl sites for hydroxylation is 1. The van der Waals surface area contributed by atoms with Crippen molar-refractivity contribution >= 4 is 27.6 Å². The smallest absolute Gasteiger partial charge is 0.326 e. The van der Waals surface area contributed by atoms with Gasteiger partial charge in [-0.3, -0.25) is 4.79 Å². The number of halogens is 1. The number of benzene rings is 1. The Hall–Kier alpha value is -1.15. The summed E-state index contributed by atoms with van der Waals surface area (Å²) in [5.41, 5.74) is 0.852. The van der Waals surface area contributed by atoms with Crippen LogP contribution in [0.25, 0.3) is 0 Å². The lowest BCUT2D eigenvalue weighted by atomic mass is 10.2. The van der Waals surface area contributed by atoms with Crippen LogP contribution in [0, 0.1) is 6.92 Å². The lowest BCUT2D eigenvalue weighted by molar-refractivity contribution is -0.149. The monoisotopic (exact) mass is 333 g/mol. The molecule has 0 spiro atoms. The van der Waals surface area contributed by atoms with Crippen LogP contribution < -0.4 is 0 Å². The van der Waals surface area contributed by atoms with Crippen molar-refractivity contribution in [3.63, 3.8) is 0 Å². The second-order valence-electron chi connectivity index (χ2n) is 4.66. The molecule has 1 heterocycles. The minimum absolute atomic E-state index is 0.0226. The molecule has 0 saturated carbocycles. The topological polar surface area (TPSA) is 72.9 Å². The predicted molar refractivity (Wildman–Crippen MR) is 76.7 cm³/mol. The van der Waals surface area contributed by atoms with Gasteiger partial charge in [0.05, 0.1) is 25.3 Å². The molecular weight excluding hydrogens is 318 g/mol. The van der Waals surface area contributed by atoms with Gasteiger partial charge in [-0.1, -0.05) is 17.7 Å². The molecule has 1 aromatic carbocycles. The van der Waals surface area contributed by atoms with E-state index in [1.54, 1.807) is 12.1 Å². The first-order chi connectivity index (χ1) is 9.87. The van der Waals surface area contributed by atoms with Gasteiger partial charge in [0.15, 0.2) is 0 Å². The van der Waals surface area contributed by atoms with Crippen LogP contribution in [-0.2, 0) is 24.3 Å². The van der Waals surface area contributed by atoms with Gasteiger partial charge in [0.25, 0.3) is 0 Å². The largest absolute Gasteiger partial charge is 0.468 e. The number of sulfonamides is 1. The molecular formula is C13H16ClNO5S. The number of hydrogen-bond donors (Lipinski definition) is 0. The quantitative estimate of drug-likeness (QED) is 0.777. The van der Waals surface area contributed by atoms with Gasteiger partial charge in [-0.25, -0.2) is 8.42 Å². The molecule has 0 amide bonds. The minimum atomic E-state index is -3.89. The Kier molecular flexibility index (Phi) is 4.88. The first-order valence-electron chi connectivity index (χ1n) is 6.31. The summed E-state index contributed by atoms with van der Waals surface area (Å²) in [6.45, 7) is 2.08. The summed E-state index contributed by atoms with van der Waals surface area (Å²) in [5.74, 6) is -0.651. The summed E-state index contributed by atoms with van der Waals surface area (Å²) in [4.78, 5) is 11.7. The van der Waals surface area contributed by atoms with Crippen molar-refractivity contribution in [2.75, 3.05) is 26.9 Å². The van der Waals surface area contributed by atoms with Crippen LogP contribution in [0.2, 0.25) is 5.02 Å². The number of morpholine rings is 1. The van der Waals surface area contributed by atoms with Crippen LogP contribution in [-0.4, -0.2) is 51.6 Å². The third-order valence-corrected chi connectivity index (χ3v) is 5.62. The van der Waals surface area contributed by atoms with Crippen molar-refractivity contribution in [3.8, 4) is 0 Å². The van der Waals surface area contributed by atoms with Gasteiger partial charge < -0.3 is 9.47 Å². The van der Waals surface area contributed by atoms with Crippen molar-refractivity contribution < 1.29 is 22.7 Å². The molecule has 116 valence electrons. The average molecular weight is 334 g/mol. The van der Waals surface area contributed by atoms with E-state index >= 15 is 0 Å². The molecule has 1 saturated heterocycles. The number of nitrogens with zero attached hydrogens (tertiary/aromatic N) is 1. The highest BCUT2D eigenvalue weighted by Crippen LogP contribution is 2.28. The van der Waals surface area contributed by atoms with Crippen LogP contribution in [0.3, 0.4) is 0 Å². The zero-order valence-electron chi connectivity index (χ0n) is 11.7. The normalized spacial score (nSPS) is 20.2. The Morgan fingerprint density at radius 1 is 1.48 bits per heavy atom. The number of ether oxygens (including phenoxy) is 2. The minimum Gasteiger partial charge on any atom is -0.468 e. The summed E-state index contributed by atoms with van der Waals surface area (Å²) in [6, 6.07) is 3.68. The first kappa shape index (κ1) is 16.2. The summed E-state index contributed by atoms with van der Waals surface area (Å²) in [5, 5.41) is 0.130. The molecule has 0 radical (unpaired) electrons. The molecule has 21 heavy (non-hydrogen) atoms. The third-order valence-electron chi connectivity index (χ3n) is 3.23. The highest BCUT2D eigenvalue weighted by Gasteiger charge is 2.39. The van der Waals surface area contributed by atoms with E-state index in [1.165, 1.54) is 13.2 Å². The maximum Gasteiger partial charge on any atom is 0.326 e. The van der Waals surface area contributed by atoms with Gasteiger partial charge in [-0.05, 0) is 24.6 Å². The predicted octanol–water partition coefficient (Wildman–Crippen LogP) is 1.21. The van der Waals surface area contributed by atoms with Crippen LogP contribution in [0.4, 0.5) is 0 Å². The number of methoxy groups -OCH3 is 1. The fourth-order valence-electron chi connectivity index (χ4n) is 2.14. The molecule has 1 fully saturated rings. The van der Waals surface area contributed by atoms with Gasteiger partial charge >= 0.3 is 5.97 Å². The molecule has 0 aliphatic carbocycles. The Morgan fingerprint density at radius 2 is 2.19 bits per heavy atom. The molecule has 1 aliphatic rings. The Morgan fingerprint density at radius 3 is 2.81 bits per heavy atom. The zero-order chi connectivity index (χ0) is 15.6. The SMILES string of the molecule is COC(=O)C1COCCN1S(=O)(=O)c1ccc(C)cc1Cl. The Labute approximate surface area is 128 Å². The van der Waals surface area contributed by atoms with Gasteiger partial charge in [0, 0.05) is 6.54 Å². The number of rotatable bonds is 3. The van der Waals surface area contributed by atoms with Crippen LogP contribution >= 0.6 is 11.6 Å². The van der Waals surface area contributed by atoms with Gasteiger partial charge in [-0.2, -0.15) is 4.31 Å². The van der Waals surface area contributed by atoms with Crippen molar-refractivity contribution in [1.82, 2.24) is 4.31 Å². The van der Waals surface area contributed by atoms with Crippen molar-refractivity contribution in [1.29, 1.82) is 0 Å². The maximum atomic E-state index is 12.7. The fourth-order valence-corrected chi connectivity index (χ4v) is 4.26. The maximum absolute atomic E-state index is 12.7. The molecule has 8 heteroatoms. The van der Waals surface area contributed by atoms with E-state index in [9.17, 15) is 13.2 Å². The van der Waals surface area contributed by atoms with Gasteiger partial charge in [0.2, 0.25) is 10.0 Å². The van der Waals surface area contributed by atoms with E-state index in [4.69, 9.17) is 16.3 Å². The molecule has 1 aromatic rings. The number of hydrogen-bond acceptors (Lipinski definition) is 5. The molecule has 0 N–H and O–H groups in total. The lowest BCUT2D eigenvalue weighted by Gasteiger charge is -2.32. The fraction of sp³-hybridized carbons (Fsp3) is 0.462. The van der Waals surface area contributed by atoms with E-state index in [-0.39, 0.29) is 29.7 Å². The van der Waals surface area contributed by atoms with Crippen molar-refractivity contribution in [2.24, 2.45) is 0 Å². The van der Waals surface area contributed by atoms with Gasteiger partial charge in [-0.15, -0.1) is 0 Å². The van der Waals surface area contributed by atoms with Crippen molar-refractivity contribution in [2.45, 2.75) is 17.9 Å². The second kappa shape index (κ2) is 6.31. The Balaban J connectivity index is 2.43. The molecule has 1 aliphatic heterocycles. The lowest BCUT2D eigenvalue weighted by Crippen LogP contribution is -2.52.